The van der Waals surface area contributed by atoms with Crippen LogP contribution >= 0.6 is 11.3 Å². The van der Waals surface area contributed by atoms with Crippen LogP contribution < -0.4 is 5.73 Å². The molecule has 4 nitrogen and oxygen atoms in total. The first-order valence-corrected chi connectivity index (χ1v) is 21.3. The SMILES string of the molecule is CC.CN.c1ccc(-c2ccc3sc4ccc(-n5c6ccc(-c7ccccc7-c7ccccn7)cc6c6cc(-c7ccccc7-c7ccccn7)ccc65)cc4c3c2)cc1. The van der Waals surface area contributed by atoms with Crippen molar-refractivity contribution in [3.63, 3.8) is 0 Å². The summed E-state index contributed by atoms with van der Waals surface area (Å²) >= 11 is 1.86. The molecule has 0 saturated carbocycles. The van der Waals surface area contributed by atoms with Crippen molar-refractivity contribution in [2.75, 3.05) is 7.05 Å². The van der Waals surface area contributed by atoms with Gasteiger partial charge in [0.05, 0.1) is 22.4 Å². The van der Waals surface area contributed by atoms with E-state index in [4.69, 9.17) is 9.97 Å². The second kappa shape index (κ2) is 17.0. The summed E-state index contributed by atoms with van der Waals surface area (Å²) in [5.74, 6) is 0. The molecule has 0 saturated heterocycles. The molecule has 0 bridgehead atoms. The van der Waals surface area contributed by atoms with Gasteiger partial charge in [-0.2, -0.15) is 0 Å². The first kappa shape index (κ1) is 38.3. The molecule has 2 N–H and O–H groups in total. The van der Waals surface area contributed by atoms with Crippen molar-refractivity contribution in [2.24, 2.45) is 5.73 Å². The predicted molar refractivity (Wildman–Crippen MR) is 258 cm³/mol. The number of aromatic nitrogens is 3. The summed E-state index contributed by atoms with van der Waals surface area (Å²) in [4.78, 5) is 9.45. The van der Waals surface area contributed by atoms with Gasteiger partial charge in [0, 0.05) is 60.2 Å². The fourth-order valence-electron chi connectivity index (χ4n) is 8.31. The molecule has 0 amide bonds. The van der Waals surface area contributed by atoms with E-state index in [1.54, 1.807) is 0 Å². The van der Waals surface area contributed by atoms with Crippen molar-refractivity contribution >= 4 is 53.3 Å². The van der Waals surface area contributed by atoms with Gasteiger partial charge in [-0.25, -0.2) is 0 Å². The fraction of sp³-hybridized carbons (Fsp3) is 0.0545. The molecule has 0 aliphatic carbocycles. The third-order valence-electron chi connectivity index (χ3n) is 10.9. The Morgan fingerprint density at radius 1 is 0.383 bits per heavy atom. The van der Waals surface area contributed by atoms with Crippen molar-refractivity contribution in [1.29, 1.82) is 0 Å². The molecule has 0 unspecified atom stereocenters. The van der Waals surface area contributed by atoms with E-state index >= 15 is 0 Å². The molecule has 11 rings (SSSR count). The zero-order chi connectivity index (χ0) is 41.0. The van der Waals surface area contributed by atoms with E-state index in [0.29, 0.717) is 0 Å². The van der Waals surface area contributed by atoms with Gasteiger partial charge in [-0.1, -0.05) is 123 Å². The largest absolute Gasteiger partial charge is 0.333 e. The second-order valence-corrected chi connectivity index (χ2v) is 15.3. The van der Waals surface area contributed by atoms with E-state index in [1.165, 1.54) is 49.1 Å². The zero-order valence-electron chi connectivity index (χ0n) is 33.9. The van der Waals surface area contributed by atoms with Crippen LogP contribution in [0.25, 0.3) is 104 Å². The smallest absolute Gasteiger partial charge is 0.0708 e. The summed E-state index contributed by atoms with van der Waals surface area (Å²) in [5.41, 5.74) is 19.2. The lowest BCUT2D eigenvalue weighted by Gasteiger charge is -2.11. The van der Waals surface area contributed by atoms with Gasteiger partial charge < -0.3 is 10.3 Å². The molecule has 60 heavy (non-hydrogen) atoms. The molecule has 0 aliphatic heterocycles. The Morgan fingerprint density at radius 3 is 1.37 bits per heavy atom. The molecular weight excluding hydrogens is 749 g/mol. The maximum absolute atomic E-state index is 4.73. The maximum atomic E-state index is 4.73. The van der Waals surface area contributed by atoms with Gasteiger partial charge in [-0.3, -0.25) is 9.97 Å². The van der Waals surface area contributed by atoms with Crippen molar-refractivity contribution in [2.45, 2.75) is 13.8 Å². The summed E-state index contributed by atoms with van der Waals surface area (Å²) in [7, 11) is 1.50. The summed E-state index contributed by atoms with van der Waals surface area (Å²) in [6.07, 6.45) is 3.73. The number of benzene rings is 7. The summed E-state index contributed by atoms with van der Waals surface area (Å²) in [6, 6.07) is 67.7. The summed E-state index contributed by atoms with van der Waals surface area (Å²) in [6.45, 7) is 4.00. The quantitative estimate of drug-likeness (QED) is 0.182. The number of nitrogens with zero attached hydrogens (tertiary/aromatic N) is 3. The number of nitrogens with two attached hydrogens (primary N) is 1. The van der Waals surface area contributed by atoms with Gasteiger partial charge in [0.25, 0.3) is 0 Å². The van der Waals surface area contributed by atoms with Crippen LogP contribution in [0.15, 0.2) is 200 Å². The van der Waals surface area contributed by atoms with Crippen molar-refractivity contribution in [1.82, 2.24) is 14.5 Å². The predicted octanol–water partition coefficient (Wildman–Crippen LogP) is 14.9. The Labute approximate surface area is 354 Å². The molecule has 7 aromatic carbocycles. The monoisotopic (exact) mass is 792 g/mol. The van der Waals surface area contributed by atoms with E-state index in [2.05, 4.69) is 186 Å². The van der Waals surface area contributed by atoms with E-state index in [9.17, 15) is 0 Å². The fourth-order valence-corrected chi connectivity index (χ4v) is 9.38. The lowest BCUT2D eigenvalue weighted by Crippen LogP contribution is -1.94. The summed E-state index contributed by atoms with van der Waals surface area (Å²) < 4.78 is 5.03. The normalized spacial score (nSPS) is 11.0. The van der Waals surface area contributed by atoms with E-state index in [0.717, 1.165) is 61.5 Å². The lowest BCUT2D eigenvalue weighted by atomic mass is 9.94. The van der Waals surface area contributed by atoms with Gasteiger partial charge in [0.1, 0.15) is 0 Å². The Morgan fingerprint density at radius 2 is 0.833 bits per heavy atom. The highest BCUT2D eigenvalue weighted by Gasteiger charge is 2.18. The van der Waals surface area contributed by atoms with E-state index in [-0.39, 0.29) is 0 Å². The third kappa shape index (κ3) is 6.94. The van der Waals surface area contributed by atoms with Crippen LogP contribution in [-0.4, -0.2) is 21.6 Å². The molecule has 4 aromatic heterocycles. The highest BCUT2D eigenvalue weighted by atomic mass is 32.1. The minimum atomic E-state index is 0.964. The Balaban J connectivity index is 0.00000112. The van der Waals surface area contributed by atoms with Gasteiger partial charge in [-0.15, -0.1) is 11.3 Å². The number of pyridine rings is 2. The van der Waals surface area contributed by atoms with Crippen LogP contribution in [0, 0.1) is 0 Å². The Bertz CT molecular complexity index is 3100. The highest BCUT2D eigenvalue weighted by Crippen LogP contribution is 2.42. The van der Waals surface area contributed by atoms with Gasteiger partial charge in [-0.05, 0) is 119 Å². The standard InChI is InChI=1S/C52H33N3S.C2H6.CH5N/c1-2-12-34(13-3-1)35-22-26-51-45(30-35)46-33-38(23-27-52(46)56-51)55-49-24-20-36(39-14-4-6-16-41(39)47-18-8-10-28-53-47)31-43(49)44-32-37(21-25-50(44)55)40-15-5-7-17-42(40)48-19-9-11-29-54-48;2*1-2/h1-33H;1-2H3;2H2,1H3. The maximum Gasteiger partial charge on any atom is 0.0708 e. The van der Waals surface area contributed by atoms with Crippen LogP contribution in [0.3, 0.4) is 0 Å². The Kier molecular flexibility index (Phi) is 10.8. The van der Waals surface area contributed by atoms with E-state index < -0.39 is 0 Å². The van der Waals surface area contributed by atoms with Crippen molar-refractivity contribution in [3.05, 3.63) is 200 Å². The van der Waals surface area contributed by atoms with Crippen LogP contribution in [0.2, 0.25) is 0 Å². The number of rotatable bonds is 6. The third-order valence-corrected chi connectivity index (χ3v) is 12.1. The molecule has 0 spiro atoms. The average molecular weight is 793 g/mol. The van der Waals surface area contributed by atoms with Gasteiger partial charge in [0.2, 0.25) is 0 Å². The number of hydrogen-bond donors (Lipinski definition) is 1. The molecule has 0 fully saturated rings. The topological polar surface area (TPSA) is 56.7 Å². The number of thiophene rings is 1. The molecule has 290 valence electrons. The minimum Gasteiger partial charge on any atom is -0.333 e. The molecule has 0 atom stereocenters. The van der Waals surface area contributed by atoms with Crippen LogP contribution in [-0.2, 0) is 0 Å². The molecular formula is C55H44N4S. The van der Waals surface area contributed by atoms with Crippen LogP contribution in [0.4, 0.5) is 0 Å². The summed E-state index contributed by atoms with van der Waals surface area (Å²) in [5, 5.41) is 4.96. The van der Waals surface area contributed by atoms with Gasteiger partial charge in [0.15, 0.2) is 0 Å². The highest BCUT2D eigenvalue weighted by molar-refractivity contribution is 7.25. The molecule has 0 aliphatic rings. The second-order valence-electron chi connectivity index (χ2n) is 14.2. The zero-order valence-corrected chi connectivity index (χ0v) is 34.7. The van der Waals surface area contributed by atoms with Gasteiger partial charge >= 0.3 is 0 Å². The first-order valence-electron chi connectivity index (χ1n) is 20.5. The van der Waals surface area contributed by atoms with Crippen molar-refractivity contribution < 1.29 is 0 Å². The Hall–Kier alpha value is -7.18. The molecule has 0 radical (unpaired) electrons. The van der Waals surface area contributed by atoms with Crippen LogP contribution in [0.1, 0.15) is 13.8 Å². The number of hydrogen-bond acceptors (Lipinski definition) is 4. The molecule has 11 aromatic rings. The van der Waals surface area contributed by atoms with Crippen LogP contribution in [0.5, 0.6) is 0 Å². The minimum absolute atomic E-state index is 0.964. The molecule has 4 heterocycles. The van der Waals surface area contributed by atoms with E-state index in [1.807, 2.05) is 49.7 Å². The molecule has 5 heteroatoms. The van der Waals surface area contributed by atoms with Crippen molar-refractivity contribution in [3.8, 4) is 61.6 Å². The first-order chi connectivity index (χ1) is 29.8. The lowest BCUT2D eigenvalue weighted by molar-refractivity contribution is 1.19. The number of fused-ring (bicyclic) bond motifs is 6. The average Bonchev–Trinajstić information content (AvgIpc) is 3.87.